The Hall–Kier alpha value is -7.69. The van der Waals surface area contributed by atoms with Crippen molar-refractivity contribution in [3.8, 4) is 28.7 Å². The molecule has 0 bridgehead atoms. The molecule has 1 atom stereocenters. The Balaban J connectivity index is 0.832. The Bertz CT molecular complexity index is 3810. The Labute approximate surface area is 469 Å². The molecule has 3 heterocycles. The van der Waals surface area contributed by atoms with Gasteiger partial charge in [0, 0.05) is 45.8 Å². The van der Waals surface area contributed by atoms with Crippen LogP contribution in [0.3, 0.4) is 0 Å². The number of hydrazine groups is 1. The number of likely N-dealkylation sites (N-methyl/N-ethyl adjacent to an activating group) is 1. The summed E-state index contributed by atoms with van der Waals surface area (Å²) in [6.45, 7) is 5.42. The van der Waals surface area contributed by atoms with Crippen LogP contribution in [0.1, 0.15) is 68.7 Å². The van der Waals surface area contributed by atoms with E-state index < -0.39 is 78.4 Å². The minimum absolute atomic E-state index is 0.0133. The molecule has 81 heavy (non-hydrogen) atoms. The van der Waals surface area contributed by atoms with Crippen LogP contribution in [0.25, 0.3) is 0 Å². The molecule has 1 unspecified atom stereocenters. The first-order chi connectivity index (χ1) is 38.5. The Morgan fingerprint density at radius 1 is 0.741 bits per heavy atom. The highest BCUT2D eigenvalue weighted by atomic mass is 35.5. The van der Waals surface area contributed by atoms with Crippen molar-refractivity contribution in [2.75, 3.05) is 53.6 Å². The minimum atomic E-state index is -3.89. The quantitative estimate of drug-likeness (QED) is 0.0244. The fourth-order valence-electron chi connectivity index (χ4n) is 8.59. The number of aryl methyl sites for hydroxylation is 1. The third-order valence-electron chi connectivity index (χ3n) is 13.5. The lowest BCUT2D eigenvalue weighted by Crippen LogP contribution is -2.33. The predicted octanol–water partition coefficient (Wildman–Crippen LogP) is 7.41. The van der Waals surface area contributed by atoms with E-state index in [0.29, 0.717) is 47.9 Å². The van der Waals surface area contributed by atoms with Gasteiger partial charge in [-0.05, 0) is 120 Å². The molecule has 6 aromatic rings. The number of pyridine rings is 2. The van der Waals surface area contributed by atoms with Gasteiger partial charge in [0.1, 0.15) is 50.9 Å². The van der Waals surface area contributed by atoms with Gasteiger partial charge in [-0.2, -0.15) is 12.8 Å². The number of halogens is 5. The van der Waals surface area contributed by atoms with E-state index in [2.05, 4.69) is 30.7 Å². The normalized spacial score (nSPS) is 14.8. The van der Waals surface area contributed by atoms with Crippen molar-refractivity contribution in [3.63, 3.8) is 0 Å². The van der Waals surface area contributed by atoms with Gasteiger partial charge in [-0.25, -0.2) is 26.5 Å². The van der Waals surface area contributed by atoms with Crippen LogP contribution in [0.15, 0.2) is 70.3 Å². The molecule has 2 saturated carbocycles. The van der Waals surface area contributed by atoms with Gasteiger partial charge < -0.3 is 40.4 Å². The summed E-state index contributed by atoms with van der Waals surface area (Å²) < 4.78 is 125. The number of nitrogens with one attached hydrogen (secondary N) is 7. The minimum Gasteiger partial charge on any atom is -0.490 e. The molecule has 28 heteroatoms. The van der Waals surface area contributed by atoms with Crippen molar-refractivity contribution in [3.05, 3.63) is 143 Å². The molecule has 4 aromatic carbocycles. The van der Waals surface area contributed by atoms with Gasteiger partial charge in [0.15, 0.2) is 45.8 Å². The van der Waals surface area contributed by atoms with Gasteiger partial charge >= 0.3 is 10.2 Å². The van der Waals surface area contributed by atoms with E-state index >= 15 is 17.6 Å². The smallest absolute Gasteiger partial charge is 0.334 e. The summed E-state index contributed by atoms with van der Waals surface area (Å²) >= 11 is 4.44. The zero-order valence-corrected chi connectivity index (χ0v) is 47.1. The van der Waals surface area contributed by atoms with Crippen LogP contribution in [0.2, 0.25) is 5.02 Å². The van der Waals surface area contributed by atoms with Crippen LogP contribution >= 0.6 is 11.6 Å². The molecule has 0 radical (unpaired) electrons. The lowest BCUT2D eigenvalue weighted by molar-refractivity contribution is 0.0940. The lowest BCUT2D eigenvalue weighted by atomic mass is 10.1. The first kappa shape index (κ1) is 58.0. The number of ether oxygens (including phenoxy) is 3. The fraction of sp³-hybridized carbons (Fsp3) is 0.321. The fourth-order valence-corrected chi connectivity index (χ4v) is 10.4. The second kappa shape index (κ2) is 23.4. The van der Waals surface area contributed by atoms with Crippen LogP contribution in [-0.2, 0) is 41.9 Å². The standard InChI is InChI=1S/C53H56ClF4N11O10S2/c1-26-8-14-34(32(55)24-26)62-48-40(50(70)60-30-10-11-30)45(27(2)52(72)67(48)5)78-38-18-16-36(43(57)42(38)54)64-80(74)59-21-23-66(4)22-20-29-9-15-35(33(56)25-29)63-49-41(51(71)61-31-12-13-31)46(28(3)53(73)68(49)6)79-39-19-17-37(44(58)47(39)77-7)69-65-81(69,75)76/h8-9,14-19,24-25,30-31,59,62-65H,10-13,20-23H2,1-7H3,(H,60,70)(H,61,71). The van der Waals surface area contributed by atoms with Gasteiger partial charge in [-0.15, -0.1) is 0 Å². The van der Waals surface area contributed by atoms with Gasteiger partial charge in [-0.1, -0.05) is 28.6 Å². The molecular formula is C53H56ClF4N11O10S2. The molecule has 430 valence electrons. The summed E-state index contributed by atoms with van der Waals surface area (Å²) in [6.07, 6.45) is 3.21. The van der Waals surface area contributed by atoms with E-state index in [0.717, 1.165) is 35.2 Å². The van der Waals surface area contributed by atoms with Crippen molar-refractivity contribution < 1.29 is 54.0 Å². The number of nitrogens with zero attached hydrogens (tertiary/aromatic N) is 4. The SMILES string of the molecule is COc1c(Oc2c(C(=O)NC3CC3)c(Nc3ccc(CCN(C)CCNS(=O)Nc4ccc(Oc5c(C(=O)NC6CC6)c(Nc6ccc(C)cc6F)n(C)c(=O)c5C)c(Cl)c4F)cc3F)n(C)c(=O)c2C)ccc(N2NS2(=O)=O)c1F. The number of carbonyl (C=O) groups excluding carboxylic acids is 2. The predicted molar refractivity (Wildman–Crippen MR) is 298 cm³/mol. The number of rotatable bonds is 23. The maximum Gasteiger partial charge on any atom is 0.334 e. The summed E-state index contributed by atoms with van der Waals surface area (Å²) in [5, 5.41) is 10.9. The van der Waals surface area contributed by atoms with E-state index in [-0.39, 0.29) is 98.3 Å². The van der Waals surface area contributed by atoms with E-state index in [1.165, 1.54) is 70.4 Å². The number of benzene rings is 4. The number of amides is 2. The molecule has 2 aromatic heterocycles. The molecule has 3 fully saturated rings. The van der Waals surface area contributed by atoms with Crippen LogP contribution in [0.4, 0.5) is 51.9 Å². The first-order valence-corrected chi connectivity index (χ1v) is 28.2. The van der Waals surface area contributed by atoms with Gasteiger partial charge in [0.2, 0.25) is 0 Å². The molecule has 7 N–H and O–H groups in total. The Morgan fingerprint density at radius 2 is 1.26 bits per heavy atom. The van der Waals surface area contributed by atoms with Gasteiger partial charge in [0.05, 0.1) is 35.3 Å². The third-order valence-corrected chi connectivity index (χ3v) is 15.8. The van der Waals surface area contributed by atoms with E-state index in [1.807, 2.05) is 9.73 Å². The summed E-state index contributed by atoms with van der Waals surface area (Å²) in [4.78, 5) is 58.9. The zero-order chi connectivity index (χ0) is 58.4. The monoisotopic (exact) mass is 1180 g/mol. The van der Waals surface area contributed by atoms with Crippen LogP contribution < -0.4 is 65.3 Å². The molecule has 1 aliphatic heterocycles. The Morgan fingerprint density at radius 3 is 1.78 bits per heavy atom. The summed E-state index contributed by atoms with van der Waals surface area (Å²) in [6, 6.07) is 13.3. The lowest BCUT2D eigenvalue weighted by Gasteiger charge is -2.22. The van der Waals surface area contributed by atoms with Crippen molar-refractivity contribution in [2.45, 2.75) is 65.0 Å². The number of methoxy groups -OCH3 is 1. The maximum absolute atomic E-state index is 16.0. The van der Waals surface area contributed by atoms with Crippen molar-refractivity contribution in [1.29, 1.82) is 0 Å². The van der Waals surface area contributed by atoms with E-state index in [9.17, 15) is 31.8 Å². The van der Waals surface area contributed by atoms with Crippen molar-refractivity contribution in [2.24, 2.45) is 14.1 Å². The maximum atomic E-state index is 16.0. The average molecular weight is 1180 g/mol. The summed E-state index contributed by atoms with van der Waals surface area (Å²) in [5.74, 6) is -6.63. The second-order valence-electron chi connectivity index (χ2n) is 19.7. The van der Waals surface area contributed by atoms with Crippen molar-refractivity contribution in [1.82, 2.24) is 34.2 Å². The average Bonchev–Trinajstić information content (AvgIpc) is 4.53. The van der Waals surface area contributed by atoms with Crippen LogP contribution in [0.5, 0.6) is 28.7 Å². The van der Waals surface area contributed by atoms with Crippen molar-refractivity contribution >= 4 is 79.2 Å². The highest BCUT2D eigenvalue weighted by Gasteiger charge is 2.43. The molecule has 2 aliphatic carbocycles. The first-order valence-electron chi connectivity index (χ1n) is 25.3. The topological polar surface area (TPSA) is 257 Å². The van der Waals surface area contributed by atoms with Crippen LogP contribution in [0, 0.1) is 44.0 Å². The van der Waals surface area contributed by atoms with E-state index in [4.69, 9.17) is 25.8 Å². The number of hydrogen-bond acceptors (Lipinski definition) is 13. The third kappa shape index (κ3) is 12.6. The highest BCUT2D eigenvalue weighted by Crippen LogP contribution is 2.44. The number of anilines is 6. The number of hydrogen-bond donors (Lipinski definition) is 7. The zero-order valence-electron chi connectivity index (χ0n) is 44.7. The molecule has 3 aliphatic rings. The summed E-state index contributed by atoms with van der Waals surface area (Å²) in [7, 11) is 1.81. The number of aromatic nitrogens is 2. The van der Waals surface area contributed by atoms with Gasteiger partial charge in [0.25, 0.3) is 22.9 Å². The van der Waals surface area contributed by atoms with E-state index in [1.54, 1.807) is 26.1 Å². The molecule has 2 amide bonds. The highest BCUT2D eigenvalue weighted by molar-refractivity contribution is 7.97. The van der Waals surface area contributed by atoms with Crippen LogP contribution in [-0.4, -0.2) is 84.4 Å². The molecular weight excluding hydrogens is 1130 g/mol. The molecule has 0 spiro atoms. The Kier molecular flexibility index (Phi) is 16.8. The largest absolute Gasteiger partial charge is 0.490 e. The number of carbonyl (C=O) groups is 2. The molecule has 21 nitrogen and oxygen atoms in total. The molecule has 1 saturated heterocycles. The van der Waals surface area contributed by atoms with Gasteiger partial charge in [-0.3, -0.25) is 33.0 Å². The summed E-state index contributed by atoms with van der Waals surface area (Å²) in [5.41, 5.74) is -1.17. The molecule has 9 rings (SSSR count). The second-order valence-corrected chi connectivity index (χ2v) is 22.6.